The lowest BCUT2D eigenvalue weighted by atomic mass is 10.00. The molecule has 2 amide bonds. The van der Waals surface area contributed by atoms with Crippen molar-refractivity contribution in [2.45, 2.75) is 20.4 Å². The van der Waals surface area contributed by atoms with Gasteiger partial charge >= 0.3 is 0 Å². The minimum Gasteiger partial charge on any atom is -0.496 e. The molecule has 5 heteroatoms. The Hall–Kier alpha value is -2.04. The summed E-state index contributed by atoms with van der Waals surface area (Å²) < 4.78 is 5.23. The molecule has 1 aliphatic heterocycles. The summed E-state index contributed by atoms with van der Waals surface area (Å²) >= 11 is 0. The number of rotatable bonds is 3. The average molecular weight is 262 g/mol. The number of nitrogen functional groups attached to an aromatic ring is 1. The van der Waals surface area contributed by atoms with Crippen LogP contribution in [0.3, 0.4) is 0 Å². The molecule has 0 aromatic heterocycles. The van der Waals surface area contributed by atoms with Crippen LogP contribution < -0.4 is 10.5 Å². The van der Waals surface area contributed by atoms with Crippen LogP contribution >= 0.6 is 0 Å². The van der Waals surface area contributed by atoms with Gasteiger partial charge < -0.3 is 10.5 Å². The van der Waals surface area contributed by atoms with Crippen LogP contribution in [-0.4, -0.2) is 23.8 Å². The van der Waals surface area contributed by atoms with Crippen molar-refractivity contribution in [2.75, 3.05) is 12.8 Å². The molecule has 1 aromatic carbocycles. The van der Waals surface area contributed by atoms with Crippen LogP contribution in [0, 0.1) is 11.8 Å². The van der Waals surface area contributed by atoms with Crippen LogP contribution in [0.2, 0.25) is 0 Å². The number of nitrogens with two attached hydrogens (primary N) is 1. The number of likely N-dealkylation sites (tertiary alicyclic amines) is 1. The summed E-state index contributed by atoms with van der Waals surface area (Å²) in [4.78, 5) is 25.4. The largest absolute Gasteiger partial charge is 0.496 e. The molecule has 19 heavy (non-hydrogen) atoms. The zero-order valence-corrected chi connectivity index (χ0v) is 11.3. The van der Waals surface area contributed by atoms with Gasteiger partial charge in [-0.05, 0) is 6.07 Å². The summed E-state index contributed by atoms with van der Waals surface area (Å²) in [5.74, 6) is -0.180. The van der Waals surface area contributed by atoms with Gasteiger partial charge in [-0.25, -0.2) is 0 Å². The number of benzene rings is 1. The Balaban J connectivity index is 2.27. The van der Waals surface area contributed by atoms with Crippen LogP contribution in [0.25, 0.3) is 0 Å². The van der Waals surface area contributed by atoms with Crippen molar-refractivity contribution < 1.29 is 14.3 Å². The summed E-state index contributed by atoms with van der Waals surface area (Å²) in [6.45, 7) is 3.80. The van der Waals surface area contributed by atoms with Crippen molar-refractivity contribution in [2.24, 2.45) is 11.8 Å². The predicted octanol–water partition coefficient (Wildman–Crippen LogP) is 1.42. The summed E-state index contributed by atoms with van der Waals surface area (Å²) in [7, 11) is 1.54. The zero-order valence-electron chi connectivity index (χ0n) is 11.3. The highest BCUT2D eigenvalue weighted by atomic mass is 16.5. The van der Waals surface area contributed by atoms with E-state index in [1.54, 1.807) is 32.0 Å². The van der Waals surface area contributed by atoms with E-state index in [2.05, 4.69) is 0 Å². The fraction of sp³-hybridized carbons (Fsp3) is 0.429. The number of carbonyl (C=O) groups is 2. The maximum Gasteiger partial charge on any atom is 0.233 e. The minimum atomic E-state index is -0.257. The summed E-state index contributed by atoms with van der Waals surface area (Å²) in [5.41, 5.74) is 7.04. The molecular formula is C14H18N2O3. The van der Waals surface area contributed by atoms with E-state index in [9.17, 15) is 9.59 Å². The minimum absolute atomic E-state index is 0.128. The standard InChI is InChI=1S/C14H18N2O3/c1-8-9(2)14(18)16(13(8)17)7-10-4-5-11(15)6-12(10)19-3/h4-6,8-9H,7,15H2,1-3H3. The Kier molecular flexibility index (Phi) is 3.46. The van der Waals surface area contributed by atoms with E-state index in [-0.39, 0.29) is 30.2 Å². The van der Waals surface area contributed by atoms with Gasteiger partial charge in [0.25, 0.3) is 0 Å². The molecule has 0 aliphatic carbocycles. The number of hydrogen-bond donors (Lipinski definition) is 1. The zero-order chi connectivity index (χ0) is 14.2. The van der Waals surface area contributed by atoms with Gasteiger partial charge in [0.2, 0.25) is 11.8 Å². The number of amides is 2. The highest BCUT2D eigenvalue weighted by Gasteiger charge is 2.42. The molecule has 1 saturated heterocycles. The molecule has 2 atom stereocenters. The van der Waals surface area contributed by atoms with Gasteiger partial charge in [-0.2, -0.15) is 0 Å². The van der Waals surface area contributed by atoms with Crippen molar-refractivity contribution in [3.8, 4) is 5.75 Å². The van der Waals surface area contributed by atoms with E-state index in [1.165, 1.54) is 12.0 Å². The lowest BCUT2D eigenvalue weighted by Gasteiger charge is -2.17. The van der Waals surface area contributed by atoms with Gasteiger partial charge in [-0.1, -0.05) is 19.9 Å². The summed E-state index contributed by atoms with van der Waals surface area (Å²) in [6.07, 6.45) is 0. The van der Waals surface area contributed by atoms with Crippen LogP contribution in [0.4, 0.5) is 5.69 Å². The number of anilines is 1. The van der Waals surface area contributed by atoms with Crippen LogP contribution in [0.15, 0.2) is 18.2 Å². The molecular weight excluding hydrogens is 244 g/mol. The maximum absolute atomic E-state index is 12.0. The lowest BCUT2D eigenvalue weighted by Crippen LogP contribution is -2.30. The second kappa shape index (κ2) is 4.91. The van der Waals surface area contributed by atoms with Gasteiger partial charge in [0.15, 0.2) is 0 Å². The summed E-state index contributed by atoms with van der Waals surface area (Å²) in [5, 5.41) is 0. The second-order valence-electron chi connectivity index (χ2n) is 4.91. The van der Waals surface area contributed by atoms with E-state index in [0.29, 0.717) is 11.4 Å². The Morgan fingerprint density at radius 2 is 1.79 bits per heavy atom. The van der Waals surface area contributed by atoms with Crippen LogP contribution in [0.1, 0.15) is 19.4 Å². The highest BCUT2D eigenvalue weighted by molar-refractivity contribution is 6.04. The Labute approximate surface area is 112 Å². The molecule has 2 N–H and O–H groups in total. The molecule has 0 saturated carbocycles. The van der Waals surface area contributed by atoms with E-state index >= 15 is 0 Å². The lowest BCUT2D eigenvalue weighted by molar-refractivity contribution is -0.140. The first kappa shape index (κ1) is 13.4. The molecule has 1 fully saturated rings. The maximum atomic E-state index is 12.0. The Bertz CT molecular complexity index is 507. The van der Waals surface area contributed by atoms with Crippen LogP contribution in [0.5, 0.6) is 5.75 Å². The first-order valence-corrected chi connectivity index (χ1v) is 6.23. The fourth-order valence-corrected chi connectivity index (χ4v) is 2.25. The average Bonchev–Trinajstić information content (AvgIpc) is 2.58. The molecule has 2 unspecified atom stereocenters. The fourth-order valence-electron chi connectivity index (χ4n) is 2.25. The first-order chi connectivity index (χ1) is 8.95. The molecule has 1 aromatic rings. The monoisotopic (exact) mass is 262 g/mol. The third-order valence-electron chi connectivity index (χ3n) is 3.70. The molecule has 0 radical (unpaired) electrons. The SMILES string of the molecule is COc1cc(N)ccc1CN1C(=O)C(C)C(C)C1=O. The van der Waals surface area contributed by atoms with E-state index < -0.39 is 0 Å². The van der Waals surface area contributed by atoms with Crippen LogP contribution in [-0.2, 0) is 16.1 Å². The molecule has 1 heterocycles. The molecule has 0 spiro atoms. The van der Waals surface area contributed by atoms with Gasteiger partial charge in [-0.3, -0.25) is 14.5 Å². The highest BCUT2D eigenvalue weighted by Crippen LogP contribution is 2.29. The summed E-state index contributed by atoms with van der Waals surface area (Å²) in [6, 6.07) is 5.20. The van der Waals surface area contributed by atoms with Crippen molar-refractivity contribution in [1.82, 2.24) is 4.90 Å². The van der Waals surface area contributed by atoms with E-state index in [1.807, 2.05) is 0 Å². The number of hydrogen-bond acceptors (Lipinski definition) is 4. The Morgan fingerprint density at radius 1 is 1.21 bits per heavy atom. The number of methoxy groups -OCH3 is 1. The number of ether oxygens (including phenoxy) is 1. The van der Waals surface area contributed by atoms with Crippen molar-refractivity contribution in [1.29, 1.82) is 0 Å². The van der Waals surface area contributed by atoms with E-state index in [0.717, 1.165) is 5.56 Å². The second-order valence-corrected chi connectivity index (χ2v) is 4.91. The van der Waals surface area contributed by atoms with E-state index in [4.69, 9.17) is 10.5 Å². The third-order valence-corrected chi connectivity index (χ3v) is 3.70. The number of carbonyl (C=O) groups excluding carboxylic acids is 2. The molecule has 0 bridgehead atoms. The van der Waals surface area contributed by atoms with Gasteiger partial charge in [0.05, 0.1) is 13.7 Å². The Morgan fingerprint density at radius 3 is 2.32 bits per heavy atom. The molecule has 2 rings (SSSR count). The number of imide groups is 1. The van der Waals surface area contributed by atoms with Crippen molar-refractivity contribution in [3.05, 3.63) is 23.8 Å². The molecule has 102 valence electrons. The van der Waals surface area contributed by atoms with Crippen molar-refractivity contribution in [3.63, 3.8) is 0 Å². The van der Waals surface area contributed by atoms with Gasteiger partial charge in [0.1, 0.15) is 5.75 Å². The van der Waals surface area contributed by atoms with Crippen molar-refractivity contribution >= 4 is 17.5 Å². The predicted molar refractivity (Wildman–Crippen MR) is 71.3 cm³/mol. The van der Waals surface area contributed by atoms with Gasteiger partial charge in [-0.15, -0.1) is 0 Å². The smallest absolute Gasteiger partial charge is 0.233 e. The normalized spacial score (nSPS) is 23.0. The molecule has 1 aliphatic rings. The number of nitrogens with zero attached hydrogens (tertiary/aromatic N) is 1. The topological polar surface area (TPSA) is 72.6 Å². The van der Waals surface area contributed by atoms with Gasteiger partial charge in [0, 0.05) is 29.2 Å². The quantitative estimate of drug-likeness (QED) is 0.660. The first-order valence-electron chi connectivity index (χ1n) is 6.23. The third kappa shape index (κ3) is 2.28. The molecule has 5 nitrogen and oxygen atoms in total.